The first-order chi connectivity index (χ1) is 64.2. The number of alkyl halides is 9. The van der Waals surface area contributed by atoms with Gasteiger partial charge in [0.25, 0.3) is 0 Å². The number of nitrogens with zero attached hydrogens (tertiary/aromatic N) is 12. The Hall–Kier alpha value is -11.8. The van der Waals surface area contributed by atoms with Crippen LogP contribution in [-0.4, -0.2) is 339 Å². The van der Waals surface area contributed by atoms with Gasteiger partial charge in [0.15, 0.2) is 76.4 Å². The van der Waals surface area contributed by atoms with Crippen LogP contribution in [0.4, 0.5) is 79.0 Å². The number of benzene rings is 3. The molecule has 2 unspecified atom stereocenters. The van der Waals surface area contributed by atoms with Crippen LogP contribution in [0.3, 0.4) is 0 Å². The largest absolute Gasteiger partial charge is 0.479 e. The third kappa shape index (κ3) is 31.4. The number of carbonyl (C=O) groups excluding carboxylic acids is 6. The molecule has 3 saturated heterocycles. The van der Waals surface area contributed by atoms with Gasteiger partial charge < -0.3 is 115 Å². The molecule has 0 bridgehead atoms. The Kier molecular flexibility index (Phi) is 39.9. The summed E-state index contributed by atoms with van der Waals surface area (Å²) in [4.78, 5) is 136. The number of imidazole rings is 3. The van der Waals surface area contributed by atoms with Gasteiger partial charge in [-0.15, -0.1) is 0 Å². The molecule has 0 radical (unpaired) electrons. The molecule has 6 aliphatic heterocycles. The number of carbonyl (C=O) groups is 10. The van der Waals surface area contributed by atoms with Gasteiger partial charge in [-0.3, -0.25) is 29.1 Å². The number of rotatable bonds is 30. The molecule has 3 amide bonds. The van der Waals surface area contributed by atoms with Crippen molar-refractivity contribution in [1.29, 1.82) is 0 Å². The van der Waals surface area contributed by atoms with E-state index < -0.39 is 207 Å². The predicted molar refractivity (Wildman–Crippen MR) is 423 cm³/mol. The lowest BCUT2D eigenvalue weighted by Crippen LogP contribution is -2.42. The molecule has 6 aliphatic rings. The van der Waals surface area contributed by atoms with Crippen molar-refractivity contribution in [2.45, 2.75) is 139 Å². The summed E-state index contributed by atoms with van der Waals surface area (Å²) in [6, 6.07) is 0.149. The minimum atomic E-state index is -4.84. The molecule has 7 atom stereocenters. The highest BCUT2D eigenvalue weighted by Crippen LogP contribution is 2.37. The fraction of sp³-hybridized carbons (Fsp3) is 0.537. The molecule has 57 heteroatoms. The number of hydrogen-bond acceptors (Lipinski definition) is 29. The number of amides is 3. The summed E-state index contributed by atoms with van der Waals surface area (Å²) in [6.45, 7) is 5.63. The van der Waals surface area contributed by atoms with Crippen molar-refractivity contribution >= 4 is 59.5 Å². The quantitative estimate of drug-likeness (QED) is 0.0133. The highest BCUT2D eigenvalue weighted by Gasteiger charge is 2.46. The molecule has 14 N–H and O–H groups in total. The fourth-order valence-corrected chi connectivity index (χ4v) is 14.2. The average Bonchev–Trinajstić information content (AvgIpc) is 1.62. The number of esters is 3. The Morgan fingerprint density at radius 1 is 0.336 bits per heavy atom. The van der Waals surface area contributed by atoms with Gasteiger partial charge in [0.1, 0.15) is 37.3 Å². The molecule has 0 spiro atoms. The molecular weight excluding hydrogens is 1900 g/mol. The van der Waals surface area contributed by atoms with Crippen LogP contribution in [0.15, 0.2) is 36.4 Å². The molecule has 3 fully saturated rings. The zero-order valence-electron chi connectivity index (χ0n) is 71.9. The summed E-state index contributed by atoms with van der Waals surface area (Å²) in [6.07, 6.45) is -25.5. The van der Waals surface area contributed by atoms with Crippen LogP contribution >= 0.6 is 0 Å². The highest BCUT2D eigenvalue weighted by molar-refractivity contribution is 5.91. The Labute approximate surface area is 762 Å². The summed E-state index contributed by atoms with van der Waals surface area (Å²) in [5.41, 5.74) is 15.2. The number of fused-ring (bicyclic) bond motifs is 3. The normalized spacial score (nSPS) is 17.0. The average molecular weight is 1990 g/mol. The van der Waals surface area contributed by atoms with Crippen molar-refractivity contribution in [1.82, 2.24) is 58.1 Å². The van der Waals surface area contributed by atoms with E-state index in [4.69, 9.17) is 86.5 Å². The van der Waals surface area contributed by atoms with Crippen molar-refractivity contribution in [2.75, 3.05) is 138 Å². The number of aliphatic hydroxyl groups excluding tert-OH is 4. The molecule has 3 aromatic heterocycles. The van der Waals surface area contributed by atoms with Crippen molar-refractivity contribution in [3.63, 3.8) is 0 Å². The van der Waals surface area contributed by atoms with E-state index in [2.05, 4.69) is 15.0 Å². The number of morpholine rings is 3. The van der Waals surface area contributed by atoms with Gasteiger partial charge in [-0.25, -0.2) is 88.0 Å². The molecular formula is C80H93F18N15O24. The summed E-state index contributed by atoms with van der Waals surface area (Å²) >= 11 is 0. The SMILES string of the molecule is N[C@@H](CC(=O)N1CCn2c(C(F)(F)F)nc(C(=O)OCCN3CCOCC3)c2C1)Cc1cc(F)c(F)cc1F.N[C@@H](CC(=O)N1CCn2c(C(F)(F)F)nc(C(=O)OCCN3CCOCC3)c2C1)Cc1cc(F)c(F)cc1F.N[C@@H](CC(=O)N1CCn2c(C(F)(F)F)nc(C(=O)OCCN3CCOCC3)c2C1)Cc1cc(F)c(F)cc1F.O=C(O)C(O)C(O)C(=O)O.O=C(O)[C@@H](O)[C@@H](O)C(=O)O. The maximum atomic E-state index is 14.0. The number of carboxylic acid groups (broad SMARTS) is 4. The summed E-state index contributed by atoms with van der Waals surface area (Å²) < 4.78 is 278. The van der Waals surface area contributed by atoms with Gasteiger partial charge in [-0.05, 0) is 54.2 Å². The Balaban J connectivity index is 0.000000228. The van der Waals surface area contributed by atoms with E-state index in [1.165, 1.54) is 14.7 Å². The number of halogens is 18. The van der Waals surface area contributed by atoms with Crippen molar-refractivity contribution in [3.05, 3.63) is 157 Å². The van der Waals surface area contributed by atoms with E-state index in [1.807, 2.05) is 14.7 Å². The lowest BCUT2D eigenvalue weighted by atomic mass is 10.0. The molecule has 12 rings (SSSR count). The highest BCUT2D eigenvalue weighted by atomic mass is 19.4. The smallest absolute Gasteiger partial charge is 0.449 e. The van der Waals surface area contributed by atoms with E-state index in [-0.39, 0.29) is 151 Å². The molecule has 9 heterocycles. The first-order valence-electron chi connectivity index (χ1n) is 41.3. The maximum absolute atomic E-state index is 14.0. The first-order valence-corrected chi connectivity index (χ1v) is 41.3. The molecule has 3 aromatic carbocycles. The number of aliphatic hydroxyl groups is 4. The Morgan fingerprint density at radius 3 is 0.752 bits per heavy atom. The molecule has 39 nitrogen and oxygen atoms in total. The minimum Gasteiger partial charge on any atom is -0.479 e. The number of hydrogen-bond donors (Lipinski definition) is 11. The van der Waals surface area contributed by atoms with Gasteiger partial charge in [0.05, 0.1) is 76.4 Å². The topological polar surface area (TPSA) is 539 Å². The van der Waals surface area contributed by atoms with Crippen molar-refractivity contribution < 1.29 is 196 Å². The lowest BCUT2D eigenvalue weighted by Gasteiger charge is -2.30. The fourth-order valence-electron chi connectivity index (χ4n) is 14.2. The summed E-state index contributed by atoms with van der Waals surface area (Å²) in [5, 5.41) is 65.1. The summed E-state index contributed by atoms with van der Waals surface area (Å²) in [5.74, 6) is -26.6. The van der Waals surface area contributed by atoms with E-state index in [0.717, 1.165) is 13.7 Å². The number of carboxylic acids is 4. The van der Waals surface area contributed by atoms with Gasteiger partial charge in [-0.2, -0.15) is 39.5 Å². The molecule has 758 valence electrons. The van der Waals surface area contributed by atoms with Gasteiger partial charge >= 0.3 is 60.3 Å². The van der Waals surface area contributed by atoms with Gasteiger partial charge in [0.2, 0.25) is 35.2 Å². The summed E-state index contributed by atoms with van der Waals surface area (Å²) in [7, 11) is 0. The van der Waals surface area contributed by atoms with E-state index in [1.54, 1.807) is 0 Å². The Bertz CT molecular complexity index is 4730. The van der Waals surface area contributed by atoms with Gasteiger partial charge in [-0.1, -0.05) is 0 Å². The van der Waals surface area contributed by atoms with Crippen LogP contribution in [0.2, 0.25) is 0 Å². The number of aromatic nitrogens is 6. The second-order valence-electron chi connectivity index (χ2n) is 31.1. The molecule has 6 aromatic rings. The molecule has 0 saturated carbocycles. The third-order valence-corrected chi connectivity index (χ3v) is 21.3. The standard InChI is InChI=1S/3C24H27F6N5O4.2C4H6O6/c3*25-16-12-18(27)17(26)10-14(16)9-15(31)11-20(36)34-1-2-35-19(13-34)21(32-23(35)24(28,29)30)22(37)39-8-5-33-3-6-38-7-4-33;2*5-1(3(7)8)2(6)4(9)10/h3*10,12,15H,1-9,11,13,31H2;2*1-2,5-6H,(H,7,8)(H,9,10)/t3*15-;1-,2+;/m111../s1. The van der Waals surface area contributed by atoms with E-state index in [9.17, 15) is 127 Å². The minimum absolute atomic E-state index is 0.0650. The van der Waals surface area contributed by atoms with E-state index in [0.29, 0.717) is 135 Å². The lowest BCUT2D eigenvalue weighted by molar-refractivity contribution is -0.165. The zero-order chi connectivity index (χ0) is 102. The monoisotopic (exact) mass is 1990 g/mol. The number of nitrogens with two attached hydrogens (primary N) is 3. The zero-order valence-corrected chi connectivity index (χ0v) is 71.9. The Morgan fingerprint density at radius 2 is 0.547 bits per heavy atom. The van der Waals surface area contributed by atoms with Crippen LogP contribution in [0.1, 0.15) is 102 Å². The molecule has 0 aliphatic carbocycles. The number of ether oxygens (including phenoxy) is 6. The van der Waals surface area contributed by atoms with Crippen LogP contribution in [0.25, 0.3) is 0 Å². The van der Waals surface area contributed by atoms with Crippen LogP contribution < -0.4 is 17.2 Å². The van der Waals surface area contributed by atoms with Crippen molar-refractivity contribution in [3.8, 4) is 0 Å². The second kappa shape index (κ2) is 49.5. The molecule has 137 heavy (non-hydrogen) atoms. The van der Waals surface area contributed by atoms with E-state index >= 15 is 0 Å². The maximum Gasteiger partial charge on any atom is 0.449 e. The third-order valence-electron chi connectivity index (χ3n) is 21.3. The second-order valence-corrected chi connectivity index (χ2v) is 31.1. The van der Waals surface area contributed by atoms with Gasteiger partial charge in [0, 0.05) is 154 Å². The number of aliphatic carboxylic acids is 4. The van der Waals surface area contributed by atoms with Crippen LogP contribution in [0.5, 0.6) is 0 Å². The van der Waals surface area contributed by atoms with Crippen LogP contribution in [0, 0.1) is 52.4 Å². The first kappa shape index (κ1) is 111. The van der Waals surface area contributed by atoms with Crippen LogP contribution in [-0.2, 0) is 139 Å². The predicted octanol–water partition coefficient (Wildman–Crippen LogP) is 2.09. The van der Waals surface area contributed by atoms with Crippen molar-refractivity contribution in [2.24, 2.45) is 17.2 Å².